The molecule has 2 aromatic carbocycles. The highest BCUT2D eigenvalue weighted by Crippen LogP contribution is 2.37. The van der Waals surface area contributed by atoms with Crippen LogP contribution in [0.1, 0.15) is 30.5 Å². The molecular weight excluding hydrogens is 416 g/mol. The quantitative estimate of drug-likeness (QED) is 0.544. The standard InChI is InChI=1S/C27H26N2O4/c30-24-12-13-25(31)33-27-26(32-24)22-9-5-4-8-21(22)23(28-27)11-10-19-14-16-29(17-15-19)18-20-6-2-1-3-7-20/h1-9,12-13,19H,10-11,14-18H2/b13-12-. The number of ether oxygens (including phenoxy) is 2. The summed E-state index contributed by atoms with van der Waals surface area (Å²) >= 11 is 0. The number of carbonyl (C=O) groups is 2. The van der Waals surface area contributed by atoms with E-state index in [1.165, 1.54) is 5.56 Å². The van der Waals surface area contributed by atoms with Gasteiger partial charge < -0.3 is 9.47 Å². The summed E-state index contributed by atoms with van der Waals surface area (Å²) in [5, 5.41) is 1.65. The average molecular weight is 443 g/mol. The summed E-state index contributed by atoms with van der Waals surface area (Å²) in [6.45, 7) is 3.19. The zero-order chi connectivity index (χ0) is 22.6. The van der Waals surface area contributed by atoms with Crippen LogP contribution in [-0.4, -0.2) is 34.9 Å². The van der Waals surface area contributed by atoms with Crippen molar-refractivity contribution >= 4 is 22.7 Å². The zero-order valence-corrected chi connectivity index (χ0v) is 18.4. The number of carbonyl (C=O) groups excluding carboxylic acids is 2. The largest absolute Gasteiger partial charge is 0.417 e. The van der Waals surface area contributed by atoms with Crippen molar-refractivity contribution in [1.82, 2.24) is 9.88 Å². The van der Waals surface area contributed by atoms with Crippen molar-refractivity contribution < 1.29 is 19.1 Å². The van der Waals surface area contributed by atoms with E-state index in [1.54, 1.807) is 0 Å². The van der Waals surface area contributed by atoms with Gasteiger partial charge in [0.1, 0.15) is 0 Å². The number of benzene rings is 2. The Morgan fingerprint density at radius 3 is 2.27 bits per heavy atom. The van der Waals surface area contributed by atoms with Gasteiger partial charge in [0.25, 0.3) is 5.88 Å². The van der Waals surface area contributed by atoms with Gasteiger partial charge in [-0.25, -0.2) is 14.6 Å². The molecule has 168 valence electrons. The Kier molecular flexibility index (Phi) is 6.17. The molecular formula is C27H26N2O4. The van der Waals surface area contributed by atoms with Crippen LogP contribution in [0.5, 0.6) is 11.6 Å². The number of likely N-dealkylation sites (tertiary alicyclic amines) is 1. The number of nitrogens with zero attached hydrogens (tertiary/aromatic N) is 2. The minimum absolute atomic E-state index is 0.0593. The molecule has 0 radical (unpaired) electrons. The molecule has 1 aromatic heterocycles. The molecule has 6 heteroatoms. The lowest BCUT2D eigenvalue weighted by Gasteiger charge is -2.32. The molecule has 5 rings (SSSR count). The molecule has 0 spiro atoms. The lowest BCUT2D eigenvalue weighted by atomic mass is 9.90. The Hall–Kier alpha value is -3.51. The highest BCUT2D eigenvalue weighted by molar-refractivity contribution is 5.99. The van der Waals surface area contributed by atoms with Gasteiger partial charge in [-0.15, -0.1) is 0 Å². The number of pyridine rings is 1. The molecule has 33 heavy (non-hydrogen) atoms. The number of hydrogen-bond acceptors (Lipinski definition) is 6. The van der Waals surface area contributed by atoms with E-state index >= 15 is 0 Å². The number of esters is 2. The molecule has 3 heterocycles. The Labute approximate surface area is 192 Å². The molecule has 6 nitrogen and oxygen atoms in total. The third-order valence-corrected chi connectivity index (χ3v) is 6.41. The van der Waals surface area contributed by atoms with Crippen LogP contribution >= 0.6 is 0 Å². The summed E-state index contributed by atoms with van der Waals surface area (Å²) in [4.78, 5) is 31.1. The summed E-state index contributed by atoms with van der Waals surface area (Å²) in [7, 11) is 0. The van der Waals surface area contributed by atoms with E-state index in [4.69, 9.17) is 9.47 Å². The van der Waals surface area contributed by atoms with Crippen molar-refractivity contribution in [2.75, 3.05) is 13.1 Å². The maximum Gasteiger partial charge on any atom is 0.337 e. The number of fused-ring (bicyclic) bond motifs is 3. The Bertz CT molecular complexity index is 1200. The van der Waals surface area contributed by atoms with Gasteiger partial charge in [-0.05, 0) is 50.3 Å². The van der Waals surface area contributed by atoms with Gasteiger partial charge in [-0.1, -0.05) is 54.6 Å². The van der Waals surface area contributed by atoms with Crippen LogP contribution < -0.4 is 9.47 Å². The maximum absolute atomic E-state index is 12.0. The second kappa shape index (κ2) is 9.55. The van der Waals surface area contributed by atoms with E-state index in [2.05, 4.69) is 40.2 Å². The smallest absolute Gasteiger partial charge is 0.337 e. The second-order valence-corrected chi connectivity index (χ2v) is 8.66. The summed E-state index contributed by atoms with van der Waals surface area (Å²) in [5.41, 5.74) is 2.22. The molecule has 2 aliphatic heterocycles. The molecule has 0 atom stereocenters. The third-order valence-electron chi connectivity index (χ3n) is 6.41. The van der Waals surface area contributed by atoms with Crippen LogP contribution in [0.25, 0.3) is 10.8 Å². The van der Waals surface area contributed by atoms with Crippen LogP contribution in [0.15, 0.2) is 66.7 Å². The lowest BCUT2D eigenvalue weighted by molar-refractivity contribution is -0.133. The topological polar surface area (TPSA) is 68.7 Å². The van der Waals surface area contributed by atoms with Gasteiger partial charge in [0.15, 0.2) is 0 Å². The first-order chi connectivity index (χ1) is 16.2. The molecule has 2 aliphatic rings. The molecule has 1 saturated heterocycles. The van der Waals surface area contributed by atoms with Crippen molar-refractivity contribution in [3.05, 3.63) is 78.0 Å². The SMILES string of the molecule is O=C1/C=C\C(=O)Oc2c(nc(CCC3CCN(Cc4ccccc4)CC3)c3ccccc23)O1. The van der Waals surface area contributed by atoms with Crippen LogP contribution in [0.4, 0.5) is 0 Å². The van der Waals surface area contributed by atoms with Crippen molar-refractivity contribution in [2.45, 2.75) is 32.2 Å². The summed E-state index contributed by atoms with van der Waals surface area (Å²) in [5.74, 6) is -0.361. The number of hydrogen-bond donors (Lipinski definition) is 0. The van der Waals surface area contributed by atoms with Crippen LogP contribution in [0.3, 0.4) is 0 Å². The summed E-state index contributed by atoms with van der Waals surface area (Å²) in [6.07, 6.45) is 6.24. The zero-order valence-electron chi connectivity index (χ0n) is 18.4. The minimum atomic E-state index is -0.632. The Morgan fingerprint density at radius 1 is 0.848 bits per heavy atom. The van der Waals surface area contributed by atoms with Gasteiger partial charge in [-0.3, -0.25) is 4.90 Å². The minimum Gasteiger partial charge on any atom is -0.417 e. The van der Waals surface area contributed by atoms with Gasteiger partial charge >= 0.3 is 11.9 Å². The molecule has 3 aromatic rings. The van der Waals surface area contributed by atoms with Crippen LogP contribution in [0, 0.1) is 5.92 Å². The number of rotatable bonds is 5. The predicted molar refractivity (Wildman–Crippen MR) is 125 cm³/mol. The second-order valence-electron chi connectivity index (χ2n) is 8.66. The van der Waals surface area contributed by atoms with E-state index in [-0.39, 0.29) is 11.6 Å². The normalized spacial score (nSPS) is 18.2. The van der Waals surface area contributed by atoms with Gasteiger partial charge in [-0.2, -0.15) is 0 Å². The van der Waals surface area contributed by atoms with Crippen LogP contribution in [0.2, 0.25) is 0 Å². The average Bonchev–Trinajstić information content (AvgIpc) is 2.84. The van der Waals surface area contributed by atoms with E-state index in [0.29, 0.717) is 5.92 Å². The Balaban J connectivity index is 1.29. The number of piperidine rings is 1. The molecule has 0 saturated carbocycles. The highest BCUT2D eigenvalue weighted by Gasteiger charge is 2.24. The van der Waals surface area contributed by atoms with E-state index in [9.17, 15) is 9.59 Å². The molecule has 0 unspecified atom stereocenters. The first-order valence-electron chi connectivity index (χ1n) is 11.5. The first kappa shape index (κ1) is 21.3. The molecule has 1 fully saturated rings. The summed E-state index contributed by atoms with van der Waals surface area (Å²) in [6, 6.07) is 18.3. The molecule has 0 N–H and O–H groups in total. The maximum atomic E-state index is 12.0. The predicted octanol–water partition coefficient (Wildman–Crippen LogP) is 4.46. The monoisotopic (exact) mass is 442 g/mol. The van der Waals surface area contributed by atoms with E-state index in [1.807, 2.05) is 24.3 Å². The number of aromatic nitrogens is 1. The molecule has 0 aliphatic carbocycles. The van der Waals surface area contributed by atoms with Gasteiger partial charge in [0, 0.05) is 29.5 Å². The lowest BCUT2D eigenvalue weighted by Crippen LogP contribution is -2.33. The third kappa shape index (κ3) is 4.96. The van der Waals surface area contributed by atoms with Crippen molar-refractivity contribution in [3.63, 3.8) is 0 Å². The van der Waals surface area contributed by atoms with Crippen molar-refractivity contribution in [1.29, 1.82) is 0 Å². The fourth-order valence-corrected chi connectivity index (χ4v) is 4.66. The fraction of sp³-hybridized carbons (Fsp3) is 0.296. The number of aryl methyl sites for hydroxylation is 1. The van der Waals surface area contributed by atoms with E-state index in [0.717, 1.165) is 73.9 Å². The van der Waals surface area contributed by atoms with Crippen molar-refractivity contribution in [2.24, 2.45) is 5.92 Å². The summed E-state index contributed by atoms with van der Waals surface area (Å²) < 4.78 is 10.8. The fourth-order valence-electron chi connectivity index (χ4n) is 4.66. The van der Waals surface area contributed by atoms with Crippen LogP contribution in [-0.2, 0) is 22.6 Å². The first-order valence-corrected chi connectivity index (χ1v) is 11.5. The van der Waals surface area contributed by atoms with Crippen molar-refractivity contribution in [3.8, 4) is 11.6 Å². The Morgan fingerprint density at radius 2 is 1.52 bits per heavy atom. The van der Waals surface area contributed by atoms with Gasteiger partial charge in [0.2, 0.25) is 5.75 Å². The van der Waals surface area contributed by atoms with E-state index < -0.39 is 11.9 Å². The molecule has 0 bridgehead atoms. The highest BCUT2D eigenvalue weighted by atomic mass is 16.6. The molecule has 0 amide bonds. The van der Waals surface area contributed by atoms with Gasteiger partial charge in [0.05, 0.1) is 5.69 Å².